The van der Waals surface area contributed by atoms with Crippen LogP contribution in [-0.2, 0) is 16.6 Å². The number of hydrogen-bond donors (Lipinski definition) is 3. The number of nitrogens with zero attached hydrogens (tertiary/aromatic N) is 1. The van der Waals surface area contributed by atoms with Gasteiger partial charge in [-0.15, -0.1) is 0 Å². The van der Waals surface area contributed by atoms with Crippen LogP contribution in [-0.4, -0.2) is 38.3 Å². The monoisotopic (exact) mass is 404 g/mol. The van der Waals surface area contributed by atoms with Gasteiger partial charge in [0, 0.05) is 36.6 Å². The number of sulfonamides is 1. The molecule has 3 unspecified atom stereocenters. The molecule has 0 aliphatic carbocycles. The second-order valence-corrected chi connectivity index (χ2v) is 8.55. The van der Waals surface area contributed by atoms with E-state index >= 15 is 0 Å². The van der Waals surface area contributed by atoms with Gasteiger partial charge in [-0.1, -0.05) is 28.3 Å². The Labute approximate surface area is 168 Å². The number of rotatable bonds is 4. The van der Waals surface area contributed by atoms with E-state index in [1.54, 1.807) is 0 Å². The number of aryl methyl sites for hydroxylation is 2. The van der Waals surface area contributed by atoms with Gasteiger partial charge in [0.2, 0.25) is 10.0 Å². The second kappa shape index (κ2) is 14.0. The van der Waals surface area contributed by atoms with Crippen LogP contribution < -0.4 is 15.8 Å². The van der Waals surface area contributed by atoms with Gasteiger partial charge in [0.05, 0.1) is 6.26 Å². The number of hydrogen-bond acceptors (Lipinski definition) is 5. The van der Waals surface area contributed by atoms with E-state index in [0.717, 1.165) is 29.8 Å². The molecule has 27 heavy (non-hydrogen) atoms. The van der Waals surface area contributed by atoms with Crippen LogP contribution >= 0.6 is 0 Å². The molecule has 4 N–H and O–H groups in total. The Morgan fingerprint density at radius 2 is 1.78 bits per heavy atom. The normalized spacial score (nSPS) is 21.5. The summed E-state index contributed by atoms with van der Waals surface area (Å²) in [6.07, 6.45) is 3.43. The third-order valence-electron chi connectivity index (χ3n) is 4.39. The molecule has 2 heterocycles. The highest BCUT2D eigenvalue weighted by atomic mass is 32.2. The van der Waals surface area contributed by atoms with Crippen LogP contribution in [0.15, 0.2) is 12.1 Å². The maximum atomic E-state index is 10.9. The van der Waals surface area contributed by atoms with Crippen molar-refractivity contribution in [2.24, 2.45) is 11.7 Å². The van der Waals surface area contributed by atoms with Gasteiger partial charge in [-0.25, -0.2) is 13.1 Å². The van der Waals surface area contributed by atoms with E-state index in [0.29, 0.717) is 31.1 Å². The number of nitrogens with two attached hydrogens (primary N) is 1. The van der Waals surface area contributed by atoms with E-state index in [1.807, 2.05) is 26.0 Å². The maximum absolute atomic E-state index is 10.9. The summed E-state index contributed by atoms with van der Waals surface area (Å²) in [5.74, 6) is 0.418. The minimum absolute atomic E-state index is 0. The predicted molar refractivity (Wildman–Crippen MR) is 119 cm³/mol. The molecule has 3 atom stereocenters. The summed E-state index contributed by atoms with van der Waals surface area (Å²) in [5.41, 5.74) is 8.69. The van der Waals surface area contributed by atoms with Crippen molar-refractivity contribution >= 4 is 10.0 Å². The fourth-order valence-electron chi connectivity index (χ4n) is 2.85. The first-order chi connectivity index (χ1) is 11.1. The average molecular weight is 405 g/mol. The summed E-state index contributed by atoms with van der Waals surface area (Å²) in [4.78, 5) is 4.26. The van der Waals surface area contributed by atoms with Crippen molar-refractivity contribution in [1.82, 2.24) is 15.0 Å². The molecule has 1 aromatic heterocycles. The molecule has 162 valence electrons. The molecule has 7 heteroatoms. The van der Waals surface area contributed by atoms with Gasteiger partial charge in [0.25, 0.3) is 0 Å². The van der Waals surface area contributed by atoms with Crippen molar-refractivity contribution in [1.29, 1.82) is 0 Å². The molecule has 0 saturated carbocycles. The summed E-state index contributed by atoms with van der Waals surface area (Å²) in [5, 5.41) is 3.43. The molecule has 6 nitrogen and oxygen atoms in total. The molecule has 1 aliphatic rings. The van der Waals surface area contributed by atoms with E-state index in [-0.39, 0.29) is 22.3 Å². The van der Waals surface area contributed by atoms with Gasteiger partial charge in [0.1, 0.15) is 0 Å². The maximum Gasteiger partial charge on any atom is 0.208 e. The summed E-state index contributed by atoms with van der Waals surface area (Å²) in [7, 11) is -3.04. The van der Waals surface area contributed by atoms with Gasteiger partial charge >= 0.3 is 0 Å². The van der Waals surface area contributed by atoms with Crippen molar-refractivity contribution in [3.63, 3.8) is 0 Å². The van der Waals surface area contributed by atoms with Crippen LogP contribution in [0.4, 0.5) is 0 Å². The Bertz CT molecular complexity index is 620. The lowest BCUT2D eigenvalue weighted by atomic mass is 9.89. The Morgan fingerprint density at radius 3 is 2.22 bits per heavy atom. The fraction of sp³-hybridized carbons (Fsp3) is 0.750. The highest BCUT2D eigenvalue weighted by Crippen LogP contribution is 2.18. The summed E-state index contributed by atoms with van der Waals surface area (Å²) in [6.45, 7) is 9.38. The Hall–Kier alpha value is -1.02. The van der Waals surface area contributed by atoms with Gasteiger partial charge in [-0.3, -0.25) is 4.98 Å². The van der Waals surface area contributed by atoms with Gasteiger partial charge in [-0.2, -0.15) is 0 Å². The van der Waals surface area contributed by atoms with Crippen molar-refractivity contribution in [3.05, 3.63) is 29.1 Å². The first-order valence-corrected chi connectivity index (χ1v) is 10.4. The highest BCUT2D eigenvalue weighted by Gasteiger charge is 2.24. The lowest BCUT2D eigenvalue weighted by molar-refractivity contribution is 0.254. The van der Waals surface area contributed by atoms with Crippen molar-refractivity contribution in [3.8, 4) is 0 Å². The highest BCUT2D eigenvalue weighted by molar-refractivity contribution is 7.88. The zero-order chi connectivity index (χ0) is 18.3. The first kappa shape index (κ1) is 30.7. The van der Waals surface area contributed by atoms with Crippen molar-refractivity contribution in [2.75, 3.05) is 12.8 Å². The lowest BCUT2D eigenvalue weighted by Gasteiger charge is -2.34. The molecule has 1 aromatic rings. The van der Waals surface area contributed by atoms with Gasteiger partial charge < -0.3 is 11.1 Å². The molecule has 0 amide bonds. The largest absolute Gasteiger partial charge is 0.326 e. The molecule has 0 bridgehead atoms. The standard InChI is InChI=1S/C9H20N2O2S.C8H12N2.3CH4/c1-7-4-5-9(8(2)11-7)6-10-14(3,12)13;1-6-3-4-8(5-9)7(2)10-6;;;/h7-11H,4-6H2,1-3H3;3-4H,5,9H2,1-2H3;3*1H4. The van der Waals surface area contributed by atoms with Crippen LogP contribution in [0.3, 0.4) is 0 Å². The van der Waals surface area contributed by atoms with E-state index in [4.69, 9.17) is 5.73 Å². The average Bonchev–Trinajstić information content (AvgIpc) is 2.46. The summed E-state index contributed by atoms with van der Waals surface area (Å²) in [6, 6.07) is 4.96. The number of piperidine rings is 1. The second-order valence-electron chi connectivity index (χ2n) is 6.72. The SMILES string of the molecule is C.C.C.CC1CCC(CNS(C)(=O)=O)C(C)N1.Cc1ccc(CN)c(C)n1. The van der Waals surface area contributed by atoms with Crippen LogP contribution in [0.25, 0.3) is 0 Å². The zero-order valence-corrected chi connectivity index (χ0v) is 16.3. The predicted octanol–water partition coefficient (Wildman–Crippen LogP) is 3.38. The number of aromatic nitrogens is 1. The van der Waals surface area contributed by atoms with Crippen LogP contribution in [0, 0.1) is 19.8 Å². The summed E-state index contributed by atoms with van der Waals surface area (Å²) < 4.78 is 24.4. The topological polar surface area (TPSA) is 97.1 Å². The molecular formula is C20H44N4O2S. The van der Waals surface area contributed by atoms with Crippen LogP contribution in [0.5, 0.6) is 0 Å². The smallest absolute Gasteiger partial charge is 0.208 e. The van der Waals surface area contributed by atoms with E-state index in [1.165, 1.54) is 6.26 Å². The van der Waals surface area contributed by atoms with Gasteiger partial charge in [0.15, 0.2) is 0 Å². The van der Waals surface area contributed by atoms with E-state index in [9.17, 15) is 8.42 Å². The van der Waals surface area contributed by atoms with Crippen molar-refractivity contribution in [2.45, 2.75) is 81.4 Å². The number of pyridine rings is 1. The Kier molecular flexibility index (Phi) is 16.0. The Morgan fingerprint density at radius 1 is 1.19 bits per heavy atom. The quantitative estimate of drug-likeness (QED) is 0.715. The molecule has 1 aliphatic heterocycles. The van der Waals surface area contributed by atoms with E-state index < -0.39 is 10.0 Å². The molecule has 1 saturated heterocycles. The third kappa shape index (κ3) is 12.1. The molecular weight excluding hydrogens is 360 g/mol. The summed E-state index contributed by atoms with van der Waals surface area (Å²) >= 11 is 0. The first-order valence-electron chi connectivity index (χ1n) is 8.46. The zero-order valence-electron chi connectivity index (χ0n) is 15.5. The Balaban J connectivity index is -0.000000400. The van der Waals surface area contributed by atoms with Crippen LogP contribution in [0.2, 0.25) is 0 Å². The molecule has 0 radical (unpaired) electrons. The minimum Gasteiger partial charge on any atom is -0.326 e. The van der Waals surface area contributed by atoms with Crippen LogP contribution in [0.1, 0.15) is 65.9 Å². The third-order valence-corrected chi connectivity index (χ3v) is 5.08. The lowest BCUT2D eigenvalue weighted by Crippen LogP contribution is -2.48. The molecule has 1 fully saturated rings. The minimum atomic E-state index is -3.04. The van der Waals surface area contributed by atoms with Gasteiger partial charge in [-0.05, 0) is 58.1 Å². The van der Waals surface area contributed by atoms with Crippen molar-refractivity contribution < 1.29 is 8.42 Å². The molecule has 2 rings (SSSR count). The number of nitrogens with one attached hydrogen (secondary N) is 2. The molecule has 0 aromatic carbocycles. The fourth-order valence-corrected chi connectivity index (χ4v) is 3.37. The van der Waals surface area contributed by atoms with E-state index in [2.05, 4.69) is 28.9 Å². The molecule has 0 spiro atoms.